The molecule has 28 heavy (non-hydrogen) atoms. The number of nitrogens with zero attached hydrogens (tertiary/aromatic N) is 4. The summed E-state index contributed by atoms with van der Waals surface area (Å²) >= 11 is 0. The summed E-state index contributed by atoms with van der Waals surface area (Å²) in [5.74, 6) is 2.53. The number of aromatic nitrogens is 3. The number of hydrogen-bond acceptors (Lipinski definition) is 5. The number of hydrogen-bond donors (Lipinski definition) is 0. The first-order valence-corrected chi connectivity index (χ1v) is 9.05. The maximum Gasteiger partial charge on any atom is 0.174 e. The Kier molecular flexibility index (Phi) is 6.07. The molecule has 0 spiro atoms. The van der Waals surface area contributed by atoms with Crippen LogP contribution in [0.2, 0.25) is 0 Å². The minimum Gasteiger partial charge on any atom is -0.493 e. The molecule has 3 aromatic rings. The van der Waals surface area contributed by atoms with Gasteiger partial charge in [-0.25, -0.2) is 0 Å². The van der Waals surface area contributed by atoms with Gasteiger partial charge in [0.2, 0.25) is 0 Å². The van der Waals surface area contributed by atoms with E-state index < -0.39 is 0 Å². The summed E-state index contributed by atoms with van der Waals surface area (Å²) in [5, 5.41) is 18.2. The van der Waals surface area contributed by atoms with E-state index >= 15 is 0 Å². The molecular weight excluding hydrogens is 352 g/mol. The van der Waals surface area contributed by atoms with Crippen LogP contribution in [0.4, 0.5) is 0 Å². The lowest BCUT2D eigenvalue weighted by atomic mass is 10.1. The second kappa shape index (κ2) is 8.87. The highest BCUT2D eigenvalue weighted by molar-refractivity contribution is 5.88. The lowest BCUT2D eigenvalue weighted by Gasteiger charge is -2.10. The van der Waals surface area contributed by atoms with Gasteiger partial charge < -0.3 is 14.0 Å². The fraction of sp³-hybridized carbons (Fsp3) is 0.227. The fourth-order valence-electron chi connectivity index (χ4n) is 2.82. The van der Waals surface area contributed by atoms with Crippen LogP contribution >= 0.6 is 0 Å². The van der Waals surface area contributed by atoms with Crippen molar-refractivity contribution in [1.82, 2.24) is 14.8 Å². The molecule has 6 heteroatoms. The van der Waals surface area contributed by atoms with Gasteiger partial charge in [-0.2, -0.15) is 5.26 Å². The van der Waals surface area contributed by atoms with E-state index in [9.17, 15) is 5.26 Å². The summed E-state index contributed by atoms with van der Waals surface area (Å²) in [6.45, 7) is 2.64. The topological polar surface area (TPSA) is 73.0 Å². The zero-order valence-corrected chi connectivity index (χ0v) is 16.2. The smallest absolute Gasteiger partial charge is 0.174 e. The van der Waals surface area contributed by atoms with E-state index in [0.29, 0.717) is 35.3 Å². The molecule has 0 radical (unpaired) electrons. The first-order valence-electron chi connectivity index (χ1n) is 9.05. The van der Waals surface area contributed by atoms with Gasteiger partial charge in [-0.15, -0.1) is 10.2 Å². The van der Waals surface area contributed by atoms with E-state index in [1.165, 1.54) is 0 Å². The lowest BCUT2D eigenvalue weighted by molar-refractivity contribution is 0.294. The van der Waals surface area contributed by atoms with Gasteiger partial charge in [-0.05, 0) is 30.2 Å². The fourth-order valence-corrected chi connectivity index (χ4v) is 2.82. The number of rotatable bonds is 7. The van der Waals surface area contributed by atoms with Crippen LogP contribution < -0.4 is 9.47 Å². The molecule has 3 rings (SSSR count). The molecule has 6 nitrogen and oxygen atoms in total. The monoisotopic (exact) mass is 374 g/mol. The normalized spacial score (nSPS) is 11.1. The van der Waals surface area contributed by atoms with Gasteiger partial charge in [0.15, 0.2) is 23.1 Å². The predicted octanol–water partition coefficient (Wildman–Crippen LogP) is 4.34. The van der Waals surface area contributed by atoms with Crippen LogP contribution in [-0.2, 0) is 7.05 Å². The lowest BCUT2D eigenvalue weighted by Crippen LogP contribution is -1.99. The molecule has 0 aliphatic rings. The molecule has 0 N–H and O–H groups in total. The van der Waals surface area contributed by atoms with Gasteiger partial charge in [0.05, 0.1) is 19.3 Å². The molecule has 142 valence electrons. The molecule has 1 aromatic heterocycles. The van der Waals surface area contributed by atoms with Crippen molar-refractivity contribution in [2.45, 2.75) is 13.3 Å². The predicted molar refractivity (Wildman–Crippen MR) is 109 cm³/mol. The van der Waals surface area contributed by atoms with Gasteiger partial charge in [-0.1, -0.05) is 43.3 Å². The minimum absolute atomic E-state index is 0.420. The first kappa shape index (κ1) is 19.2. The Morgan fingerprint density at radius 3 is 2.61 bits per heavy atom. The second-order valence-electron chi connectivity index (χ2n) is 6.20. The molecule has 0 saturated carbocycles. The van der Waals surface area contributed by atoms with Crippen LogP contribution in [0.5, 0.6) is 11.5 Å². The maximum absolute atomic E-state index is 9.70. The Morgan fingerprint density at radius 2 is 1.93 bits per heavy atom. The number of benzene rings is 2. The maximum atomic E-state index is 9.70. The van der Waals surface area contributed by atoms with E-state index in [2.05, 4.69) is 16.3 Å². The third kappa shape index (κ3) is 4.04. The number of nitriles is 1. The van der Waals surface area contributed by atoms with Crippen LogP contribution in [0, 0.1) is 11.3 Å². The molecule has 0 bridgehead atoms. The van der Waals surface area contributed by atoms with Crippen molar-refractivity contribution in [3.8, 4) is 29.0 Å². The molecule has 0 aliphatic carbocycles. The summed E-state index contributed by atoms with van der Waals surface area (Å²) in [4.78, 5) is 0. The molecule has 0 atom stereocenters. The molecule has 1 heterocycles. The number of allylic oxidation sites excluding steroid dienone is 1. The summed E-state index contributed by atoms with van der Waals surface area (Å²) in [7, 11) is 3.46. The largest absolute Gasteiger partial charge is 0.493 e. The molecule has 0 saturated heterocycles. The van der Waals surface area contributed by atoms with Crippen molar-refractivity contribution in [3.63, 3.8) is 0 Å². The molecule has 2 aromatic carbocycles. The average molecular weight is 374 g/mol. The van der Waals surface area contributed by atoms with Gasteiger partial charge in [0.1, 0.15) is 6.07 Å². The van der Waals surface area contributed by atoms with Crippen LogP contribution in [0.1, 0.15) is 24.7 Å². The quantitative estimate of drug-likeness (QED) is 0.575. The summed E-state index contributed by atoms with van der Waals surface area (Å²) in [5.41, 5.74) is 2.19. The zero-order valence-electron chi connectivity index (χ0n) is 16.2. The number of ether oxygens (including phenoxy) is 2. The Hall–Kier alpha value is -3.59. The molecular formula is C22H22N4O2. The Balaban J connectivity index is 1.97. The van der Waals surface area contributed by atoms with Crippen molar-refractivity contribution < 1.29 is 9.47 Å². The van der Waals surface area contributed by atoms with Crippen molar-refractivity contribution >= 4 is 11.6 Å². The SMILES string of the molecule is CCCOc1cc(/C=C(\C#N)c2nnc(-c3ccccc3)n2C)ccc1OC. The number of methoxy groups -OCH3 is 1. The van der Waals surface area contributed by atoms with Crippen molar-refractivity contribution in [2.24, 2.45) is 7.05 Å². The summed E-state index contributed by atoms with van der Waals surface area (Å²) in [6, 6.07) is 17.6. The van der Waals surface area contributed by atoms with Gasteiger partial charge in [-0.3, -0.25) is 0 Å². The Bertz CT molecular complexity index is 1020. The van der Waals surface area contributed by atoms with Crippen molar-refractivity contribution in [3.05, 3.63) is 59.9 Å². The van der Waals surface area contributed by atoms with Gasteiger partial charge >= 0.3 is 0 Å². The molecule has 0 fully saturated rings. The van der Waals surface area contributed by atoms with E-state index in [1.807, 2.05) is 67.1 Å². The van der Waals surface area contributed by atoms with E-state index in [4.69, 9.17) is 9.47 Å². The third-order valence-corrected chi connectivity index (χ3v) is 4.23. The van der Waals surface area contributed by atoms with E-state index in [-0.39, 0.29) is 0 Å². The van der Waals surface area contributed by atoms with E-state index in [0.717, 1.165) is 17.5 Å². The highest BCUT2D eigenvalue weighted by atomic mass is 16.5. The summed E-state index contributed by atoms with van der Waals surface area (Å²) in [6.07, 6.45) is 2.67. The standard InChI is InChI=1S/C22H22N4O2/c1-4-12-28-20-14-16(10-11-19(20)27-3)13-18(15-23)22-25-24-21(26(22)2)17-8-6-5-7-9-17/h5-11,13-14H,4,12H2,1-3H3/b18-13+. The molecule has 0 unspecified atom stereocenters. The van der Waals surface area contributed by atoms with Gasteiger partial charge in [0.25, 0.3) is 0 Å². The molecule has 0 amide bonds. The Morgan fingerprint density at radius 1 is 1.14 bits per heavy atom. The zero-order chi connectivity index (χ0) is 19.9. The average Bonchev–Trinajstić information content (AvgIpc) is 3.12. The van der Waals surface area contributed by atoms with E-state index in [1.54, 1.807) is 13.2 Å². The van der Waals surface area contributed by atoms with Crippen LogP contribution in [0.25, 0.3) is 23.0 Å². The first-order chi connectivity index (χ1) is 13.7. The highest BCUT2D eigenvalue weighted by Gasteiger charge is 2.15. The van der Waals surface area contributed by atoms with Crippen LogP contribution in [-0.4, -0.2) is 28.5 Å². The highest BCUT2D eigenvalue weighted by Crippen LogP contribution is 2.30. The van der Waals surface area contributed by atoms with Crippen LogP contribution in [0.15, 0.2) is 48.5 Å². The second-order valence-corrected chi connectivity index (χ2v) is 6.20. The summed E-state index contributed by atoms with van der Waals surface area (Å²) < 4.78 is 12.9. The van der Waals surface area contributed by atoms with Crippen molar-refractivity contribution in [2.75, 3.05) is 13.7 Å². The molecule has 0 aliphatic heterocycles. The van der Waals surface area contributed by atoms with Crippen molar-refractivity contribution in [1.29, 1.82) is 5.26 Å². The van der Waals surface area contributed by atoms with Crippen LogP contribution in [0.3, 0.4) is 0 Å². The minimum atomic E-state index is 0.420. The van der Waals surface area contributed by atoms with Gasteiger partial charge in [0, 0.05) is 12.6 Å². The Labute approximate surface area is 164 Å². The third-order valence-electron chi connectivity index (χ3n) is 4.23.